The van der Waals surface area contributed by atoms with Gasteiger partial charge in [0.15, 0.2) is 5.78 Å². The summed E-state index contributed by atoms with van der Waals surface area (Å²) in [4.78, 5) is 39.3. The summed E-state index contributed by atoms with van der Waals surface area (Å²) >= 11 is 5.75. The number of carbonyl (C=O) groups excluding carboxylic acids is 3. The number of Topliss-reactive ketones (excluding diaryl/α,β-unsaturated/α-hetero) is 1. The molecular weight excluding hydrogens is 361 g/mol. The number of hydrogen-bond acceptors (Lipinski definition) is 4. The summed E-state index contributed by atoms with van der Waals surface area (Å²) in [5.41, 5.74) is -0.925. The lowest BCUT2D eigenvalue weighted by Gasteiger charge is -2.09. The van der Waals surface area contributed by atoms with Crippen LogP contribution in [0.15, 0.2) is 30.5 Å². The number of benzene rings is 1. The monoisotopic (exact) mass is 368 g/mol. The largest absolute Gasteiger partial charge is 0.417 e. The van der Waals surface area contributed by atoms with E-state index in [-0.39, 0.29) is 28.8 Å². The average molecular weight is 369 g/mol. The molecular formula is C16H8ClF3N2O3. The summed E-state index contributed by atoms with van der Waals surface area (Å²) in [6.45, 7) is 0. The van der Waals surface area contributed by atoms with Crippen molar-refractivity contribution in [2.24, 2.45) is 0 Å². The second kappa shape index (κ2) is 5.96. The number of pyridine rings is 1. The number of aromatic nitrogens is 1. The maximum absolute atomic E-state index is 12.6. The fraction of sp³-hybridized carbons (Fsp3) is 0.125. The minimum Gasteiger partial charge on any atom is -0.292 e. The Balaban J connectivity index is 1.92. The van der Waals surface area contributed by atoms with Crippen LogP contribution in [0, 0.1) is 0 Å². The summed E-state index contributed by atoms with van der Waals surface area (Å²) in [6.07, 6.45) is -4.44. The van der Waals surface area contributed by atoms with E-state index in [1.165, 1.54) is 18.2 Å². The Hall–Kier alpha value is -2.74. The molecule has 5 nitrogen and oxygen atoms in total. The first-order valence-corrected chi connectivity index (χ1v) is 7.30. The van der Waals surface area contributed by atoms with Gasteiger partial charge in [-0.05, 0) is 17.7 Å². The van der Waals surface area contributed by atoms with Crippen LogP contribution in [-0.4, -0.2) is 22.6 Å². The number of nitrogens with one attached hydrogen (secondary N) is 1. The van der Waals surface area contributed by atoms with Crippen LogP contribution >= 0.6 is 11.6 Å². The first-order chi connectivity index (χ1) is 11.7. The number of hydrogen-bond donors (Lipinski definition) is 1. The Morgan fingerprint density at radius 2 is 1.92 bits per heavy atom. The van der Waals surface area contributed by atoms with E-state index in [0.717, 1.165) is 0 Å². The fourth-order valence-electron chi connectivity index (χ4n) is 2.49. The zero-order chi connectivity index (χ0) is 18.4. The van der Waals surface area contributed by atoms with Crippen LogP contribution in [0.1, 0.15) is 42.3 Å². The Morgan fingerprint density at radius 3 is 2.56 bits per heavy atom. The maximum Gasteiger partial charge on any atom is 0.417 e. The first-order valence-electron chi connectivity index (χ1n) is 6.92. The van der Waals surface area contributed by atoms with Crippen LogP contribution in [0.4, 0.5) is 13.2 Å². The van der Waals surface area contributed by atoms with Crippen LogP contribution in [0.25, 0.3) is 0 Å². The highest BCUT2D eigenvalue weighted by Crippen LogP contribution is 2.31. The van der Waals surface area contributed by atoms with Gasteiger partial charge in [0.1, 0.15) is 5.69 Å². The van der Waals surface area contributed by atoms with Gasteiger partial charge in [0, 0.05) is 12.6 Å². The molecule has 0 aliphatic carbocycles. The van der Waals surface area contributed by atoms with Crippen molar-refractivity contribution >= 4 is 29.2 Å². The Kier molecular flexibility index (Phi) is 4.08. The Morgan fingerprint density at radius 1 is 1.20 bits per heavy atom. The van der Waals surface area contributed by atoms with Crippen LogP contribution in [-0.2, 0) is 12.6 Å². The van der Waals surface area contributed by atoms with Crippen molar-refractivity contribution in [2.45, 2.75) is 12.6 Å². The number of nitrogens with zero attached hydrogens (tertiary/aromatic N) is 1. The van der Waals surface area contributed by atoms with E-state index in [9.17, 15) is 27.6 Å². The predicted molar refractivity (Wildman–Crippen MR) is 80.5 cm³/mol. The zero-order valence-electron chi connectivity index (χ0n) is 12.3. The first kappa shape index (κ1) is 17.1. The van der Waals surface area contributed by atoms with Gasteiger partial charge in [-0.2, -0.15) is 13.2 Å². The van der Waals surface area contributed by atoms with Gasteiger partial charge in [-0.3, -0.25) is 24.7 Å². The summed E-state index contributed by atoms with van der Waals surface area (Å²) in [6, 6.07) is 5.04. The van der Waals surface area contributed by atoms with Crippen molar-refractivity contribution in [3.8, 4) is 0 Å². The minimum atomic E-state index is -4.63. The molecule has 1 aromatic heterocycles. The van der Waals surface area contributed by atoms with Crippen LogP contribution < -0.4 is 5.32 Å². The summed E-state index contributed by atoms with van der Waals surface area (Å²) in [7, 11) is 0. The van der Waals surface area contributed by atoms with Crippen LogP contribution in [0.2, 0.25) is 5.02 Å². The molecule has 25 heavy (non-hydrogen) atoms. The Labute approximate surface area is 143 Å². The summed E-state index contributed by atoms with van der Waals surface area (Å²) < 4.78 is 37.9. The van der Waals surface area contributed by atoms with Crippen molar-refractivity contribution in [1.29, 1.82) is 0 Å². The number of ketones is 1. The van der Waals surface area contributed by atoms with Gasteiger partial charge in [0.25, 0.3) is 11.8 Å². The van der Waals surface area contributed by atoms with E-state index < -0.39 is 34.4 Å². The topological polar surface area (TPSA) is 76.1 Å². The third-order valence-corrected chi connectivity index (χ3v) is 3.92. The highest BCUT2D eigenvalue weighted by Gasteiger charge is 2.33. The van der Waals surface area contributed by atoms with Crippen LogP contribution in [0.3, 0.4) is 0 Å². The number of fused-ring (bicyclic) bond motifs is 1. The molecule has 128 valence electrons. The normalized spacial score (nSPS) is 13.6. The highest BCUT2D eigenvalue weighted by molar-refractivity contribution is 6.33. The molecule has 0 atom stereocenters. The van der Waals surface area contributed by atoms with Gasteiger partial charge >= 0.3 is 6.18 Å². The molecule has 0 bridgehead atoms. The lowest BCUT2D eigenvalue weighted by Crippen LogP contribution is -2.20. The quantitative estimate of drug-likeness (QED) is 0.667. The molecule has 0 spiro atoms. The van der Waals surface area contributed by atoms with Crippen LogP contribution in [0.5, 0.6) is 0 Å². The van der Waals surface area contributed by atoms with Crippen molar-refractivity contribution in [2.75, 3.05) is 0 Å². The average Bonchev–Trinajstić information content (AvgIpc) is 2.82. The molecule has 1 aliphatic rings. The molecule has 0 unspecified atom stereocenters. The number of imide groups is 1. The second-order valence-corrected chi connectivity index (χ2v) is 5.68. The molecule has 0 radical (unpaired) electrons. The molecule has 2 aromatic rings. The van der Waals surface area contributed by atoms with Gasteiger partial charge in [0.05, 0.1) is 21.7 Å². The standard InChI is InChI=1S/C16H8ClF3N2O3/c17-10-5-8(16(18,19)20)6-21-13(10)11(23)4-7-2-1-3-9-12(7)15(25)22-14(9)24/h1-3,5-6H,4H2,(H,22,24,25). The molecule has 0 fully saturated rings. The molecule has 1 N–H and O–H groups in total. The second-order valence-electron chi connectivity index (χ2n) is 5.28. The van der Waals surface area contributed by atoms with Gasteiger partial charge in [0.2, 0.25) is 0 Å². The van der Waals surface area contributed by atoms with Gasteiger partial charge in [-0.15, -0.1) is 0 Å². The van der Waals surface area contributed by atoms with Crippen molar-refractivity contribution in [1.82, 2.24) is 10.3 Å². The van der Waals surface area contributed by atoms with Crippen molar-refractivity contribution in [3.63, 3.8) is 0 Å². The molecule has 9 heteroatoms. The number of carbonyl (C=O) groups is 3. The highest BCUT2D eigenvalue weighted by atomic mass is 35.5. The molecule has 0 saturated heterocycles. The predicted octanol–water partition coefficient (Wildman–Crippen LogP) is 3.06. The fourth-order valence-corrected chi connectivity index (χ4v) is 2.76. The zero-order valence-corrected chi connectivity index (χ0v) is 13.0. The molecule has 2 amide bonds. The molecule has 1 aromatic carbocycles. The number of rotatable bonds is 3. The molecule has 3 rings (SSSR count). The van der Waals surface area contributed by atoms with Gasteiger partial charge in [-0.1, -0.05) is 23.7 Å². The molecule has 2 heterocycles. The number of amides is 2. The summed E-state index contributed by atoms with van der Waals surface area (Å²) in [5.74, 6) is -1.87. The maximum atomic E-state index is 12.6. The SMILES string of the molecule is O=C1NC(=O)c2c(CC(=O)c3ncc(C(F)(F)F)cc3Cl)cccc21. The van der Waals surface area contributed by atoms with E-state index in [2.05, 4.69) is 10.3 Å². The smallest absolute Gasteiger partial charge is 0.292 e. The lowest BCUT2D eigenvalue weighted by molar-refractivity contribution is -0.137. The molecule has 1 aliphatic heterocycles. The number of alkyl halides is 3. The third kappa shape index (κ3) is 3.12. The van der Waals surface area contributed by atoms with E-state index in [0.29, 0.717) is 12.3 Å². The summed E-state index contributed by atoms with van der Waals surface area (Å²) in [5, 5.41) is 1.68. The lowest BCUT2D eigenvalue weighted by atomic mass is 9.97. The minimum absolute atomic E-state index is 0.0730. The van der Waals surface area contributed by atoms with Gasteiger partial charge in [-0.25, -0.2) is 0 Å². The van der Waals surface area contributed by atoms with E-state index >= 15 is 0 Å². The van der Waals surface area contributed by atoms with E-state index in [1.807, 2.05) is 0 Å². The van der Waals surface area contributed by atoms with E-state index in [4.69, 9.17) is 11.6 Å². The van der Waals surface area contributed by atoms with Crippen molar-refractivity contribution < 1.29 is 27.6 Å². The molecule has 0 saturated carbocycles. The van der Waals surface area contributed by atoms with E-state index in [1.54, 1.807) is 0 Å². The number of halogens is 4. The third-order valence-electron chi connectivity index (χ3n) is 3.63. The van der Waals surface area contributed by atoms with Gasteiger partial charge < -0.3 is 0 Å². The van der Waals surface area contributed by atoms with Crippen molar-refractivity contribution in [3.05, 3.63) is 63.4 Å². The Bertz CT molecular complexity index is 925.